The Kier molecular flexibility index (Phi) is 3.98. The van der Waals surface area contributed by atoms with Crippen molar-refractivity contribution in [2.45, 2.75) is 12.8 Å². The van der Waals surface area contributed by atoms with Gasteiger partial charge in [-0.2, -0.15) is 0 Å². The Hall–Kier alpha value is -1.40. The van der Waals surface area contributed by atoms with E-state index in [0.717, 1.165) is 4.47 Å². The summed E-state index contributed by atoms with van der Waals surface area (Å²) < 4.78 is 6.20. The number of carboxylic acids is 1. The first-order chi connectivity index (χ1) is 8.56. The number of aromatic nitrogens is 2. The van der Waals surface area contributed by atoms with E-state index < -0.39 is 5.97 Å². The minimum atomic E-state index is -0.906. The number of hydrogen-bond acceptors (Lipinski definition) is 4. The van der Waals surface area contributed by atoms with E-state index in [4.69, 9.17) is 21.1 Å². The first kappa shape index (κ1) is 13.0. The monoisotopic (exact) mass is 330 g/mol. The molecule has 0 unspecified atom stereocenters. The van der Waals surface area contributed by atoms with E-state index in [9.17, 15) is 4.79 Å². The van der Waals surface area contributed by atoms with Crippen LogP contribution >= 0.6 is 27.5 Å². The lowest BCUT2D eigenvalue weighted by atomic mass is 10.2. The molecule has 0 aliphatic heterocycles. The van der Waals surface area contributed by atoms with Gasteiger partial charge in [-0.1, -0.05) is 27.5 Å². The molecular weight excluding hydrogens is 323 g/mol. The second-order valence-electron chi connectivity index (χ2n) is 3.52. The molecule has 1 N–H and O–H groups in total. The third kappa shape index (κ3) is 3.08. The number of aryl methyl sites for hydroxylation is 1. The van der Waals surface area contributed by atoms with Crippen LogP contribution in [-0.4, -0.2) is 21.3 Å². The largest absolute Gasteiger partial charge is 0.481 e. The van der Waals surface area contributed by atoms with Gasteiger partial charge >= 0.3 is 5.97 Å². The van der Waals surface area contributed by atoms with Crippen LogP contribution in [0.2, 0.25) is 5.02 Å². The molecule has 0 spiro atoms. The van der Waals surface area contributed by atoms with Crippen molar-refractivity contribution in [3.05, 3.63) is 33.6 Å². The number of halogens is 2. The highest BCUT2D eigenvalue weighted by atomic mass is 79.9. The first-order valence-electron chi connectivity index (χ1n) is 5.06. The molecule has 0 radical (unpaired) electrons. The van der Waals surface area contributed by atoms with Gasteiger partial charge in [-0.05, 0) is 18.2 Å². The number of benzene rings is 1. The summed E-state index contributed by atoms with van der Waals surface area (Å²) >= 11 is 9.35. The van der Waals surface area contributed by atoms with E-state index >= 15 is 0 Å². The van der Waals surface area contributed by atoms with Crippen molar-refractivity contribution in [2.75, 3.05) is 0 Å². The molecule has 1 aromatic heterocycles. The van der Waals surface area contributed by atoms with Crippen LogP contribution < -0.4 is 0 Å². The fourth-order valence-corrected chi connectivity index (χ4v) is 2.09. The molecule has 7 heteroatoms. The molecule has 0 aliphatic carbocycles. The molecule has 1 aromatic carbocycles. The molecule has 0 bridgehead atoms. The number of rotatable bonds is 4. The molecule has 94 valence electrons. The fourth-order valence-electron chi connectivity index (χ4n) is 1.34. The second kappa shape index (κ2) is 5.49. The lowest BCUT2D eigenvalue weighted by molar-refractivity contribution is -0.137. The molecule has 2 rings (SSSR count). The van der Waals surface area contributed by atoms with Crippen LogP contribution in [0.4, 0.5) is 0 Å². The van der Waals surface area contributed by atoms with Crippen molar-refractivity contribution in [3.63, 3.8) is 0 Å². The summed E-state index contributed by atoms with van der Waals surface area (Å²) in [5.41, 5.74) is 0.619. The predicted molar refractivity (Wildman–Crippen MR) is 68.4 cm³/mol. The maximum atomic E-state index is 10.4. The Bertz CT molecular complexity index is 585. The molecular formula is C11H8BrClN2O3. The van der Waals surface area contributed by atoms with Gasteiger partial charge < -0.3 is 9.52 Å². The molecule has 2 aromatic rings. The number of carbonyl (C=O) groups is 1. The molecule has 0 atom stereocenters. The van der Waals surface area contributed by atoms with Crippen molar-refractivity contribution in [1.82, 2.24) is 10.2 Å². The van der Waals surface area contributed by atoms with Crippen LogP contribution in [0, 0.1) is 0 Å². The van der Waals surface area contributed by atoms with E-state index in [2.05, 4.69) is 26.1 Å². The van der Waals surface area contributed by atoms with Crippen LogP contribution in [0.5, 0.6) is 0 Å². The second-order valence-corrected chi connectivity index (χ2v) is 4.84. The van der Waals surface area contributed by atoms with Crippen molar-refractivity contribution in [2.24, 2.45) is 0 Å². The minimum absolute atomic E-state index is 0.0459. The summed E-state index contributed by atoms with van der Waals surface area (Å²) in [5, 5.41) is 16.7. The summed E-state index contributed by atoms with van der Waals surface area (Å²) in [4.78, 5) is 10.4. The molecule has 0 fully saturated rings. The Balaban J connectivity index is 2.21. The van der Waals surface area contributed by atoms with Crippen molar-refractivity contribution in [3.8, 4) is 11.5 Å². The van der Waals surface area contributed by atoms with Gasteiger partial charge in [0, 0.05) is 10.9 Å². The lowest BCUT2D eigenvalue weighted by Crippen LogP contribution is -1.97. The smallest absolute Gasteiger partial charge is 0.303 e. The average Bonchev–Trinajstić information content (AvgIpc) is 2.75. The molecule has 0 amide bonds. The van der Waals surface area contributed by atoms with Gasteiger partial charge in [0.05, 0.1) is 17.0 Å². The SMILES string of the molecule is O=C(O)CCc1nnc(-c2ccc(Br)cc2Cl)o1. The van der Waals surface area contributed by atoms with Gasteiger partial charge in [0.25, 0.3) is 0 Å². The highest BCUT2D eigenvalue weighted by Crippen LogP contribution is 2.29. The topological polar surface area (TPSA) is 76.2 Å². The highest BCUT2D eigenvalue weighted by molar-refractivity contribution is 9.10. The summed E-state index contributed by atoms with van der Waals surface area (Å²) in [6, 6.07) is 5.28. The van der Waals surface area contributed by atoms with Gasteiger partial charge in [-0.25, -0.2) is 0 Å². The van der Waals surface area contributed by atoms with Crippen LogP contribution in [0.25, 0.3) is 11.5 Å². The maximum Gasteiger partial charge on any atom is 0.303 e. The number of carboxylic acid groups (broad SMARTS) is 1. The Morgan fingerprint density at radius 1 is 1.44 bits per heavy atom. The van der Waals surface area contributed by atoms with Crippen LogP contribution in [0.1, 0.15) is 12.3 Å². The van der Waals surface area contributed by atoms with Crippen LogP contribution in [-0.2, 0) is 11.2 Å². The first-order valence-corrected chi connectivity index (χ1v) is 6.23. The molecule has 0 aliphatic rings. The zero-order chi connectivity index (χ0) is 13.1. The quantitative estimate of drug-likeness (QED) is 0.931. The van der Waals surface area contributed by atoms with E-state index in [1.807, 2.05) is 6.07 Å². The highest BCUT2D eigenvalue weighted by Gasteiger charge is 2.12. The normalized spacial score (nSPS) is 10.6. The average molecular weight is 332 g/mol. The molecule has 5 nitrogen and oxygen atoms in total. The van der Waals surface area contributed by atoms with Crippen molar-refractivity contribution < 1.29 is 14.3 Å². The van der Waals surface area contributed by atoms with Gasteiger partial charge in [-0.15, -0.1) is 10.2 Å². The molecule has 0 saturated carbocycles. The Morgan fingerprint density at radius 3 is 2.89 bits per heavy atom. The zero-order valence-electron chi connectivity index (χ0n) is 9.06. The van der Waals surface area contributed by atoms with Gasteiger partial charge in [0.1, 0.15) is 0 Å². The summed E-state index contributed by atoms with van der Waals surface area (Å²) in [5.74, 6) is -0.337. The number of aliphatic carboxylic acids is 1. The van der Waals surface area contributed by atoms with Gasteiger partial charge in [-0.3, -0.25) is 4.79 Å². The van der Waals surface area contributed by atoms with E-state index in [1.165, 1.54) is 0 Å². The summed E-state index contributed by atoms with van der Waals surface area (Å²) in [6.07, 6.45) is 0.159. The van der Waals surface area contributed by atoms with E-state index in [1.54, 1.807) is 12.1 Å². The Labute approximate surface area is 116 Å². The third-order valence-electron chi connectivity index (χ3n) is 2.18. The molecule has 0 saturated heterocycles. The van der Waals surface area contributed by atoms with E-state index in [-0.39, 0.29) is 24.6 Å². The number of nitrogens with zero attached hydrogens (tertiary/aromatic N) is 2. The maximum absolute atomic E-state index is 10.4. The summed E-state index contributed by atoms with van der Waals surface area (Å²) in [7, 11) is 0. The Morgan fingerprint density at radius 2 is 2.22 bits per heavy atom. The van der Waals surface area contributed by atoms with Crippen molar-refractivity contribution >= 4 is 33.5 Å². The van der Waals surface area contributed by atoms with Crippen LogP contribution in [0.3, 0.4) is 0 Å². The molecule has 18 heavy (non-hydrogen) atoms. The van der Waals surface area contributed by atoms with Crippen molar-refractivity contribution in [1.29, 1.82) is 0 Å². The third-order valence-corrected chi connectivity index (χ3v) is 2.99. The van der Waals surface area contributed by atoms with E-state index in [0.29, 0.717) is 10.6 Å². The summed E-state index contributed by atoms with van der Waals surface area (Å²) in [6.45, 7) is 0. The standard InChI is InChI=1S/C11H8BrClN2O3/c12-6-1-2-7(8(13)5-6)11-15-14-9(18-11)3-4-10(16)17/h1-2,5H,3-4H2,(H,16,17). The predicted octanol–water partition coefficient (Wildman–Crippen LogP) is 3.17. The lowest BCUT2D eigenvalue weighted by Gasteiger charge is -1.98. The number of hydrogen-bond donors (Lipinski definition) is 1. The van der Waals surface area contributed by atoms with Crippen LogP contribution in [0.15, 0.2) is 27.1 Å². The fraction of sp³-hybridized carbons (Fsp3) is 0.182. The van der Waals surface area contributed by atoms with Gasteiger partial charge in [0.2, 0.25) is 11.8 Å². The molecule has 1 heterocycles. The zero-order valence-corrected chi connectivity index (χ0v) is 11.4. The minimum Gasteiger partial charge on any atom is -0.481 e. The van der Waals surface area contributed by atoms with Gasteiger partial charge in [0.15, 0.2) is 0 Å².